The van der Waals surface area contributed by atoms with Crippen molar-refractivity contribution in [2.24, 2.45) is 0 Å². The molecule has 5 rings (SSSR count). The maximum Gasteiger partial charge on any atom is 0.232 e. The molecular weight excluding hydrogens is 410 g/mol. The molecule has 0 saturated heterocycles. The molecular formula is C24H21N3OS2. The van der Waals surface area contributed by atoms with E-state index in [1.54, 1.807) is 11.3 Å². The Labute approximate surface area is 183 Å². The molecule has 0 fully saturated rings. The summed E-state index contributed by atoms with van der Waals surface area (Å²) in [5.74, 6) is -0.0914. The molecule has 0 spiro atoms. The van der Waals surface area contributed by atoms with E-state index in [1.165, 1.54) is 41.7 Å². The number of rotatable bonds is 5. The number of carbonyl (C=O) groups excluding carboxylic acids is 1. The Morgan fingerprint density at radius 2 is 1.73 bits per heavy atom. The van der Waals surface area contributed by atoms with Gasteiger partial charge in [-0.1, -0.05) is 42.5 Å². The molecule has 150 valence electrons. The van der Waals surface area contributed by atoms with Gasteiger partial charge >= 0.3 is 0 Å². The average molecular weight is 432 g/mol. The second-order valence-electron chi connectivity index (χ2n) is 7.46. The number of thiazole rings is 2. The first kappa shape index (κ1) is 19.2. The SMILES string of the molecule is O=C(Cc1csc(-c2ccccc2)n1)Nc1nc(-c2ccc3c(c2)CCCC3)cs1. The van der Waals surface area contributed by atoms with Crippen LogP contribution in [0.3, 0.4) is 0 Å². The van der Waals surface area contributed by atoms with Crippen molar-refractivity contribution in [1.29, 1.82) is 0 Å². The summed E-state index contributed by atoms with van der Waals surface area (Å²) in [4.78, 5) is 21.7. The molecule has 0 unspecified atom stereocenters. The molecule has 0 aliphatic heterocycles. The number of aromatic nitrogens is 2. The summed E-state index contributed by atoms with van der Waals surface area (Å²) in [6.07, 6.45) is 5.12. The molecule has 4 aromatic rings. The van der Waals surface area contributed by atoms with Crippen LogP contribution in [-0.4, -0.2) is 15.9 Å². The molecule has 2 aromatic carbocycles. The lowest BCUT2D eigenvalue weighted by molar-refractivity contribution is -0.115. The van der Waals surface area contributed by atoms with E-state index >= 15 is 0 Å². The number of nitrogens with zero attached hydrogens (tertiary/aromatic N) is 2. The van der Waals surface area contributed by atoms with E-state index in [1.807, 2.05) is 41.1 Å². The van der Waals surface area contributed by atoms with Gasteiger partial charge < -0.3 is 5.32 Å². The van der Waals surface area contributed by atoms with Gasteiger partial charge in [0.15, 0.2) is 5.13 Å². The van der Waals surface area contributed by atoms with Crippen LogP contribution >= 0.6 is 22.7 Å². The van der Waals surface area contributed by atoms with E-state index in [0.29, 0.717) is 5.13 Å². The monoisotopic (exact) mass is 431 g/mol. The van der Waals surface area contributed by atoms with Crippen molar-refractivity contribution in [3.63, 3.8) is 0 Å². The largest absolute Gasteiger partial charge is 0.302 e. The molecule has 0 atom stereocenters. The number of carbonyl (C=O) groups is 1. The summed E-state index contributed by atoms with van der Waals surface area (Å²) in [5, 5.41) is 8.45. The molecule has 0 radical (unpaired) electrons. The summed E-state index contributed by atoms with van der Waals surface area (Å²) in [6, 6.07) is 16.7. The van der Waals surface area contributed by atoms with Crippen molar-refractivity contribution in [3.05, 3.63) is 76.1 Å². The number of anilines is 1. The first-order valence-corrected chi connectivity index (χ1v) is 11.9. The first-order valence-electron chi connectivity index (χ1n) is 10.1. The van der Waals surface area contributed by atoms with Crippen molar-refractivity contribution < 1.29 is 4.79 Å². The van der Waals surface area contributed by atoms with Gasteiger partial charge in [0.25, 0.3) is 0 Å². The van der Waals surface area contributed by atoms with Gasteiger partial charge in [0.2, 0.25) is 5.91 Å². The molecule has 4 nitrogen and oxygen atoms in total. The highest BCUT2D eigenvalue weighted by Crippen LogP contribution is 2.30. The summed E-state index contributed by atoms with van der Waals surface area (Å²) in [7, 11) is 0. The van der Waals surface area contributed by atoms with Gasteiger partial charge in [0, 0.05) is 21.9 Å². The Balaban J connectivity index is 1.24. The average Bonchev–Trinajstić information content (AvgIpc) is 3.44. The fraction of sp³-hybridized carbons (Fsp3) is 0.208. The number of hydrogen-bond acceptors (Lipinski definition) is 5. The van der Waals surface area contributed by atoms with E-state index in [-0.39, 0.29) is 12.3 Å². The minimum absolute atomic E-state index is 0.0914. The van der Waals surface area contributed by atoms with Crippen molar-refractivity contribution in [2.75, 3.05) is 5.32 Å². The lowest BCUT2D eigenvalue weighted by Crippen LogP contribution is -2.14. The number of fused-ring (bicyclic) bond motifs is 1. The zero-order valence-corrected chi connectivity index (χ0v) is 18.1. The second-order valence-corrected chi connectivity index (χ2v) is 9.18. The molecule has 1 N–H and O–H groups in total. The summed E-state index contributed by atoms with van der Waals surface area (Å²) in [5.41, 5.74) is 6.80. The van der Waals surface area contributed by atoms with Crippen molar-refractivity contribution in [1.82, 2.24) is 9.97 Å². The van der Waals surface area contributed by atoms with Crippen LogP contribution in [-0.2, 0) is 24.1 Å². The summed E-state index contributed by atoms with van der Waals surface area (Å²) in [6.45, 7) is 0. The number of benzene rings is 2. The Bertz CT molecular complexity index is 1180. The predicted octanol–water partition coefficient (Wildman–Crippen LogP) is 5.99. The van der Waals surface area contributed by atoms with Crippen molar-refractivity contribution in [2.45, 2.75) is 32.1 Å². The third kappa shape index (κ3) is 4.20. The predicted molar refractivity (Wildman–Crippen MR) is 124 cm³/mol. The van der Waals surface area contributed by atoms with Gasteiger partial charge in [-0.15, -0.1) is 22.7 Å². The molecule has 30 heavy (non-hydrogen) atoms. The molecule has 6 heteroatoms. The number of amides is 1. The molecule has 1 aliphatic rings. The van der Waals surface area contributed by atoms with Crippen LogP contribution in [0.25, 0.3) is 21.8 Å². The zero-order valence-electron chi connectivity index (χ0n) is 16.4. The molecule has 2 heterocycles. The maximum absolute atomic E-state index is 12.5. The topological polar surface area (TPSA) is 54.9 Å². The van der Waals surface area contributed by atoms with Crippen LogP contribution < -0.4 is 5.32 Å². The Hall–Kier alpha value is -2.83. The van der Waals surface area contributed by atoms with Gasteiger partial charge in [-0.05, 0) is 42.9 Å². The molecule has 0 saturated carbocycles. The zero-order chi connectivity index (χ0) is 20.3. The fourth-order valence-electron chi connectivity index (χ4n) is 3.79. The number of nitrogens with one attached hydrogen (secondary N) is 1. The van der Waals surface area contributed by atoms with Gasteiger partial charge in [0.1, 0.15) is 5.01 Å². The maximum atomic E-state index is 12.5. The van der Waals surface area contributed by atoms with Crippen molar-refractivity contribution in [3.8, 4) is 21.8 Å². The van der Waals surface area contributed by atoms with Crippen LogP contribution in [0.15, 0.2) is 59.3 Å². The quantitative estimate of drug-likeness (QED) is 0.422. The lowest BCUT2D eigenvalue weighted by atomic mass is 9.90. The van der Waals surface area contributed by atoms with E-state index in [0.717, 1.165) is 33.9 Å². The highest BCUT2D eigenvalue weighted by molar-refractivity contribution is 7.14. The van der Waals surface area contributed by atoms with E-state index in [2.05, 4.69) is 33.5 Å². The third-order valence-corrected chi connectivity index (χ3v) is 7.01. The summed E-state index contributed by atoms with van der Waals surface area (Å²) < 4.78 is 0. The normalized spacial score (nSPS) is 13.1. The van der Waals surface area contributed by atoms with Crippen molar-refractivity contribution >= 4 is 33.7 Å². The summed E-state index contributed by atoms with van der Waals surface area (Å²) >= 11 is 3.02. The van der Waals surface area contributed by atoms with Gasteiger partial charge in [-0.3, -0.25) is 4.79 Å². The van der Waals surface area contributed by atoms with E-state index in [4.69, 9.17) is 0 Å². The number of aryl methyl sites for hydroxylation is 2. The standard InChI is InChI=1S/C24H21N3OS2/c28-22(13-20-14-29-23(25-20)17-7-2-1-3-8-17)27-24-26-21(15-30-24)19-11-10-16-6-4-5-9-18(16)12-19/h1-3,7-8,10-12,14-15H,4-6,9,13H2,(H,26,27,28). The minimum Gasteiger partial charge on any atom is -0.302 e. The van der Waals surface area contributed by atoms with Gasteiger partial charge in [-0.2, -0.15) is 0 Å². The third-order valence-electron chi connectivity index (χ3n) is 5.31. The van der Waals surface area contributed by atoms with Crippen LogP contribution in [0.5, 0.6) is 0 Å². The Morgan fingerprint density at radius 3 is 2.60 bits per heavy atom. The van der Waals surface area contributed by atoms with Gasteiger partial charge in [0.05, 0.1) is 17.8 Å². The Morgan fingerprint density at radius 1 is 0.900 bits per heavy atom. The van der Waals surface area contributed by atoms with Gasteiger partial charge in [-0.25, -0.2) is 9.97 Å². The molecule has 1 aliphatic carbocycles. The molecule has 2 aromatic heterocycles. The Kier molecular flexibility index (Phi) is 5.43. The number of hydrogen-bond donors (Lipinski definition) is 1. The van der Waals surface area contributed by atoms with E-state index < -0.39 is 0 Å². The van der Waals surface area contributed by atoms with Crippen LogP contribution in [0.4, 0.5) is 5.13 Å². The highest BCUT2D eigenvalue weighted by atomic mass is 32.1. The fourth-order valence-corrected chi connectivity index (χ4v) is 5.35. The van der Waals surface area contributed by atoms with Crippen LogP contribution in [0.2, 0.25) is 0 Å². The highest BCUT2D eigenvalue weighted by Gasteiger charge is 2.14. The lowest BCUT2D eigenvalue weighted by Gasteiger charge is -2.16. The molecule has 0 bridgehead atoms. The van der Waals surface area contributed by atoms with E-state index in [9.17, 15) is 4.79 Å². The van der Waals surface area contributed by atoms with Crippen LogP contribution in [0, 0.1) is 0 Å². The molecule has 1 amide bonds. The smallest absolute Gasteiger partial charge is 0.232 e. The minimum atomic E-state index is -0.0914. The second kappa shape index (κ2) is 8.50. The first-order chi connectivity index (χ1) is 14.7. The van der Waals surface area contributed by atoms with Crippen LogP contribution in [0.1, 0.15) is 29.7 Å².